The number of rotatable bonds is 2. The predicted octanol–water partition coefficient (Wildman–Crippen LogP) is 2.17. The predicted molar refractivity (Wildman–Crippen MR) is 57.3 cm³/mol. The van der Waals surface area contributed by atoms with Crippen molar-refractivity contribution in [2.24, 2.45) is 0 Å². The highest BCUT2D eigenvalue weighted by molar-refractivity contribution is 9.18. The van der Waals surface area contributed by atoms with Crippen LogP contribution in [0.2, 0.25) is 0 Å². The van der Waals surface area contributed by atoms with Crippen molar-refractivity contribution in [3.63, 3.8) is 0 Å². The van der Waals surface area contributed by atoms with E-state index in [9.17, 15) is 4.79 Å². The number of amides is 1. The number of carbonyl (C=O) groups excluding carboxylic acids is 1. The number of halogens is 1. The molecular formula is C9H8BrN3O. The molecule has 0 fully saturated rings. The summed E-state index contributed by atoms with van der Waals surface area (Å²) in [6.45, 7) is 0.513. The van der Waals surface area contributed by atoms with Crippen molar-refractivity contribution in [3.05, 3.63) is 30.1 Å². The number of aromatic amines is 1. The fourth-order valence-electron chi connectivity index (χ4n) is 1.26. The molecule has 0 bridgehead atoms. The van der Waals surface area contributed by atoms with Gasteiger partial charge in [-0.2, -0.15) is 0 Å². The number of nitrogens with zero attached hydrogens (tertiary/aromatic N) is 1. The summed E-state index contributed by atoms with van der Waals surface area (Å²) < 4.78 is 0. The molecule has 0 aliphatic carbocycles. The number of imidazole rings is 1. The quantitative estimate of drug-likeness (QED) is 0.637. The smallest absolute Gasteiger partial charge is 0.287 e. The van der Waals surface area contributed by atoms with Crippen molar-refractivity contribution < 1.29 is 4.79 Å². The molecule has 2 aromatic rings. The van der Waals surface area contributed by atoms with E-state index in [1.165, 1.54) is 0 Å². The summed E-state index contributed by atoms with van der Waals surface area (Å²) in [6, 6.07) is 5.82. The van der Waals surface area contributed by atoms with Crippen LogP contribution in [0.15, 0.2) is 24.5 Å². The number of hydrogen-bond acceptors (Lipinski definition) is 2. The molecule has 2 rings (SSSR count). The Balaban J connectivity index is 2.21. The van der Waals surface area contributed by atoms with Gasteiger partial charge in [-0.1, -0.05) is 6.07 Å². The fourth-order valence-corrected chi connectivity index (χ4v) is 1.40. The summed E-state index contributed by atoms with van der Waals surface area (Å²) in [5, 5.41) is 2.66. The third kappa shape index (κ3) is 1.93. The van der Waals surface area contributed by atoms with E-state index in [4.69, 9.17) is 0 Å². The fraction of sp³-hybridized carbons (Fsp3) is 0.111. The van der Waals surface area contributed by atoms with Gasteiger partial charge in [0.1, 0.15) is 0 Å². The molecule has 0 aliphatic heterocycles. The number of fused-ring (bicyclic) bond motifs is 1. The maximum atomic E-state index is 10.6. The number of hydrogen-bond donors (Lipinski definition) is 2. The molecule has 14 heavy (non-hydrogen) atoms. The lowest BCUT2D eigenvalue weighted by atomic mass is 10.2. The van der Waals surface area contributed by atoms with Crippen LogP contribution in [0.25, 0.3) is 11.0 Å². The summed E-state index contributed by atoms with van der Waals surface area (Å²) >= 11 is 2.80. The first-order valence-electron chi connectivity index (χ1n) is 4.11. The summed E-state index contributed by atoms with van der Waals surface area (Å²) in [5.74, 6) is 0. The molecular weight excluding hydrogens is 246 g/mol. The molecule has 0 spiro atoms. The number of carbonyl (C=O) groups is 1. The zero-order valence-electron chi connectivity index (χ0n) is 7.25. The third-order valence-electron chi connectivity index (χ3n) is 1.92. The van der Waals surface area contributed by atoms with Gasteiger partial charge in [0.15, 0.2) is 0 Å². The lowest BCUT2D eigenvalue weighted by Gasteiger charge is -2.00. The monoisotopic (exact) mass is 253 g/mol. The van der Waals surface area contributed by atoms with Crippen molar-refractivity contribution in [3.8, 4) is 0 Å². The van der Waals surface area contributed by atoms with Crippen LogP contribution in [-0.4, -0.2) is 14.8 Å². The molecule has 4 nitrogen and oxygen atoms in total. The Hall–Kier alpha value is -1.36. The molecule has 0 atom stereocenters. The van der Waals surface area contributed by atoms with Crippen LogP contribution < -0.4 is 5.32 Å². The lowest BCUT2D eigenvalue weighted by Crippen LogP contribution is -2.14. The van der Waals surface area contributed by atoms with E-state index < -0.39 is 0 Å². The van der Waals surface area contributed by atoms with Crippen molar-refractivity contribution in [2.75, 3.05) is 0 Å². The van der Waals surface area contributed by atoms with Gasteiger partial charge in [-0.05, 0) is 17.7 Å². The highest BCUT2D eigenvalue weighted by Gasteiger charge is 1.99. The first-order valence-corrected chi connectivity index (χ1v) is 4.90. The Morgan fingerprint density at radius 3 is 3.21 bits per heavy atom. The molecule has 1 aromatic heterocycles. The minimum atomic E-state index is -0.206. The van der Waals surface area contributed by atoms with Crippen LogP contribution in [-0.2, 0) is 6.54 Å². The summed E-state index contributed by atoms with van der Waals surface area (Å²) in [4.78, 5) is 17.5. The summed E-state index contributed by atoms with van der Waals surface area (Å²) in [5.41, 5.74) is 2.94. The van der Waals surface area contributed by atoms with E-state index >= 15 is 0 Å². The maximum Gasteiger partial charge on any atom is 0.287 e. The zero-order valence-corrected chi connectivity index (χ0v) is 8.84. The van der Waals surface area contributed by atoms with Gasteiger partial charge in [0.2, 0.25) is 0 Å². The SMILES string of the molecule is O=C(Br)NCc1ccc2nc[nH]c2c1. The van der Waals surface area contributed by atoms with E-state index in [2.05, 4.69) is 31.2 Å². The molecule has 0 aliphatic rings. The van der Waals surface area contributed by atoms with E-state index in [0.29, 0.717) is 6.54 Å². The van der Waals surface area contributed by atoms with E-state index in [1.54, 1.807) is 6.33 Å². The highest BCUT2D eigenvalue weighted by atomic mass is 79.9. The number of benzene rings is 1. The third-order valence-corrected chi connectivity index (χ3v) is 2.20. The maximum absolute atomic E-state index is 10.6. The van der Waals surface area contributed by atoms with Crippen LogP contribution in [0.3, 0.4) is 0 Å². The Morgan fingerprint density at radius 1 is 1.57 bits per heavy atom. The van der Waals surface area contributed by atoms with E-state index in [1.807, 2.05) is 18.2 Å². The number of nitrogens with one attached hydrogen (secondary N) is 2. The summed E-state index contributed by atoms with van der Waals surface area (Å²) in [6.07, 6.45) is 1.65. The van der Waals surface area contributed by atoms with Crippen molar-refractivity contribution in [1.82, 2.24) is 15.3 Å². The average molecular weight is 254 g/mol. The molecule has 0 radical (unpaired) electrons. The molecule has 5 heteroatoms. The second-order valence-electron chi connectivity index (χ2n) is 2.88. The van der Waals surface area contributed by atoms with Gasteiger partial charge < -0.3 is 10.3 Å². The number of aromatic nitrogens is 2. The van der Waals surface area contributed by atoms with Gasteiger partial charge in [0, 0.05) is 22.5 Å². The van der Waals surface area contributed by atoms with Crippen LogP contribution in [0.4, 0.5) is 4.79 Å². The molecule has 1 aromatic carbocycles. The second-order valence-corrected chi connectivity index (χ2v) is 3.60. The number of H-pyrrole nitrogens is 1. The summed E-state index contributed by atoms with van der Waals surface area (Å²) in [7, 11) is 0. The topological polar surface area (TPSA) is 57.8 Å². The van der Waals surface area contributed by atoms with Gasteiger partial charge in [0.05, 0.1) is 17.4 Å². The van der Waals surface area contributed by atoms with Gasteiger partial charge in [-0.3, -0.25) is 4.79 Å². The molecule has 1 amide bonds. The Bertz CT molecular complexity index is 466. The van der Waals surface area contributed by atoms with Crippen LogP contribution in [0.1, 0.15) is 5.56 Å². The van der Waals surface area contributed by atoms with Crippen LogP contribution >= 0.6 is 15.9 Å². The van der Waals surface area contributed by atoms with Crippen molar-refractivity contribution >= 4 is 31.8 Å². The average Bonchev–Trinajstić information content (AvgIpc) is 2.61. The van der Waals surface area contributed by atoms with E-state index in [-0.39, 0.29) is 4.82 Å². The van der Waals surface area contributed by atoms with Gasteiger partial charge in [-0.25, -0.2) is 4.98 Å². The largest absolute Gasteiger partial charge is 0.345 e. The van der Waals surface area contributed by atoms with Crippen LogP contribution in [0, 0.1) is 0 Å². The first kappa shape index (κ1) is 9.21. The minimum absolute atomic E-state index is 0.206. The lowest BCUT2D eigenvalue weighted by molar-refractivity contribution is 0.261. The second kappa shape index (κ2) is 3.79. The molecule has 0 saturated carbocycles. The van der Waals surface area contributed by atoms with Crippen molar-refractivity contribution in [1.29, 1.82) is 0 Å². The standard InChI is InChI=1S/C9H8BrN3O/c10-9(14)11-4-6-1-2-7-8(3-6)13-5-12-7/h1-3,5H,4H2,(H,11,14)(H,12,13). The van der Waals surface area contributed by atoms with Crippen LogP contribution in [0.5, 0.6) is 0 Å². The normalized spacial score (nSPS) is 10.4. The molecule has 0 saturated heterocycles. The molecule has 72 valence electrons. The zero-order chi connectivity index (χ0) is 9.97. The van der Waals surface area contributed by atoms with Gasteiger partial charge in [-0.15, -0.1) is 0 Å². The first-order chi connectivity index (χ1) is 6.75. The van der Waals surface area contributed by atoms with Gasteiger partial charge in [0.25, 0.3) is 4.82 Å². The highest BCUT2D eigenvalue weighted by Crippen LogP contribution is 2.11. The van der Waals surface area contributed by atoms with Gasteiger partial charge >= 0.3 is 0 Å². The van der Waals surface area contributed by atoms with Crippen molar-refractivity contribution in [2.45, 2.75) is 6.54 Å². The Kier molecular flexibility index (Phi) is 2.49. The molecule has 1 heterocycles. The Morgan fingerprint density at radius 2 is 2.43 bits per heavy atom. The molecule has 0 unspecified atom stereocenters. The molecule has 2 N–H and O–H groups in total. The van der Waals surface area contributed by atoms with E-state index in [0.717, 1.165) is 16.6 Å². The Labute approximate surface area is 88.9 Å². The minimum Gasteiger partial charge on any atom is -0.345 e.